The Hall–Kier alpha value is -2.11. The standard InChI is InChI=1S/C10H24N2.5CN.Fe/c11-9-7-5-3-1-2-4-6-8-10-12;5*1-2;/h1-12H2;;;;;;. The Morgan fingerprint density at radius 2 is 0.696 bits per heavy atom. The SMILES string of the molecule is N#[C][Fe]([C]#N)([C]#N)([C]#N)[C]#N.NCCCCCCCCCCN. The Bertz CT molecular complexity index is 430. The van der Waals surface area contributed by atoms with Crippen LogP contribution in [0.2, 0.25) is 0 Å². The molecule has 4 N–H and O–H groups in total. The van der Waals surface area contributed by atoms with E-state index in [1.807, 2.05) is 0 Å². The van der Waals surface area contributed by atoms with Crippen molar-refractivity contribution >= 4 is 0 Å². The fourth-order valence-electron chi connectivity index (χ4n) is 1.53. The summed E-state index contributed by atoms with van der Waals surface area (Å²) < 4.78 is 0. The maximum Gasteiger partial charge on any atom is -0.00773 e. The number of rotatable bonds is 9. The van der Waals surface area contributed by atoms with Crippen molar-refractivity contribution in [2.24, 2.45) is 11.5 Å². The zero-order valence-electron chi connectivity index (χ0n) is 13.3. The number of hydrogen-bond acceptors (Lipinski definition) is 7. The Morgan fingerprint density at radius 3 is 0.826 bits per heavy atom. The van der Waals surface area contributed by atoms with Gasteiger partial charge in [0.25, 0.3) is 0 Å². The van der Waals surface area contributed by atoms with E-state index < -0.39 is 11.8 Å². The van der Waals surface area contributed by atoms with Gasteiger partial charge in [0.05, 0.1) is 0 Å². The van der Waals surface area contributed by atoms with Crippen LogP contribution in [0.5, 0.6) is 0 Å². The molecule has 7 nitrogen and oxygen atoms in total. The van der Waals surface area contributed by atoms with Crippen LogP contribution in [-0.4, -0.2) is 13.1 Å². The molecule has 23 heavy (non-hydrogen) atoms. The third-order valence-electron chi connectivity index (χ3n) is 2.95. The minimum absolute atomic E-state index is 0.854. The summed E-state index contributed by atoms with van der Waals surface area (Å²) in [4.78, 5) is 6.12. The normalized spacial score (nSPS) is 10.9. The fraction of sp³-hybridized carbons (Fsp3) is 0.667. The van der Waals surface area contributed by atoms with Gasteiger partial charge in [0.15, 0.2) is 0 Å². The monoisotopic (exact) mass is 358 g/mol. The van der Waals surface area contributed by atoms with E-state index >= 15 is 0 Å². The third-order valence-corrected chi connectivity index (χ3v) is 5.42. The molecule has 127 valence electrons. The maximum absolute atomic E-state index is 8.35. The van der Waals surface area contributed by atoms with Gasteiger partial charge in [-0.3, -0.25) is 0 Å². The maximum atomic E-state index is 8.35. The van der Waals surface area contributed by atoms with Crippen LogP contribution in [0.25, 0.3) is 0 Å². The molecule has 0 aliphatic heterocycles. The molecule has 0 heterocycles. The van der Waals surface area contributed by atoms with E-state index in [-0.39, 0.29) is 0 Å². The van der Waals surface area contributed by atoms with Gasteiger partial charge in [-0.1, -0.05) is 38.5 Å². The summed E-state index contributed by atoms with van der Waals surface area (Å²) in [5.74, 6) is 0. The van der Waals surface area contributed by atoms with E-state index in [2.05, 4.69) is 0 Å². The number of nitriles is 5. The van der Waals surface area contributed by atoms with Crippen molar-refractivity contribution in [3.8, 4) is 24.8 Å². The summed E-state index contributed by atoms with van der Waals surface area (Å²) in [5, 5.41) is 41.8. The Kier molecular flexibility index (Phi) is 13.6. The van der Waals surface area contributed by atoms with Crippen LogP contribution >= 0.6 is 0 Å². The molecule has 8 heteroatoms. The average Bonchev–Trinajstić information content (AvgIpc) is 2.62. The predicted molar refractivity (Wildman–Crippen MR) is 83.1 cm³/mol. The summed E-state index contributed by atoms with van der Waals surface area (Å²) in [5.41, 5.74) is 10.8. The minimum atomic E-state index is -4.78. The molecule has 0 fully saturated rings. The van der Waals surface area contributed by atoms with Gasteiger partial charge in [-0.2, -0.15) is 0 Å². The molecule has 0 aromatic heterocycles. The smallest absolute Gasteiger partial charge is 0.00773 e. The van der Waals surface area contributed by atoms with E-state index in [4.69, 9.17) is 37.8 Å². The molecule has 0 aromatic rings. The quantitative estimate of drug-likeness (QED) is 0.469. The van der Waals surface area contributed by atoms with E-state index in [1.54, 1.807) is 0 Å². The molecule has 0 saturated heterocycles. The molecule has 0 aliphatic rings. The van der Waals surface area contributed by atoms with Gasteiger partial charge >= 0.3 is 62.9 Å². The number of nitrogens with zero attached hydrogens (tertiary/aromatic N) is 5. The molecular weight excluding hydrogens is 334 g/mol. The first-order valence-corrected chi connectivity index (χ1v) is 10.1. The van der Waals surface area contributed by atoms with Crippen molar-refractivity contribution in [2.75, 3.05) is 13.1 Å². The number of unbranched alkanes of at least 4 members (excludes halogenated alkanes) is 7. The van der Waals surface area contributed by atoms with E-state index in [0.29, 0.717) is 0 Å². The zero-order chi connectivity index (χ0) is 18.1. The van der Waals surface area contributed by atoms with Crippen LogP contribution in [0.3, 0.4) is 0 Å². The molecule has 0 saturated carbocycles. The van der Waals surface area contributed by atoms with Crippen LogP contribution < -0.4 is 11.5 Å². The Morgan fingerprint density at radius 1 is 0.478 bits per heavy atom. The van der Waals surface area contributed by atoms with Crippen molar-refractivity contribution < 1.29 is 11.8 Å². The molecule has 0 aromatic carbocycles. The largest absolute Gasteiger partial charge is 0.330 e. The van der Waals surface area contributed by atoms with Gasteiger partial charge in [0.1, 0.15) is 0 Å². The fourth-order valence-corrected chi connectivity index (χ4v) is 2.08. The minimum Gasteiger partial charge on any atom is -0.330 e. The first-order valence-electron chi connectivity index (χ1n) is 7.32. The molecule has 0 amide bonds. The second-order valence-corrected chi connectivity index (χ2v) is 8.68. The van der Waals surface area contributed by atoms with Gasteiger partial charge in [0, 0.05) is 0 Å². The average molecular weight is 358 g/mol. The van der Waals surface area contributed by atoms with Crippen molar-refractivity contribution in [1.29, 1.82) is 26.3 Å². The molecule has 0 aliphatic carbocycles. The first kappa shape index (κ1) is 23.2. The van der Waals surface area contributed by atoms with Crippen molar-refractivity contribution in [1.82, 2.24) is 0 Å². The van der Waals surface area contributed by atoms with Crippen LogP contribution in [0.4, 0.5) is 0 Å². The molecule has 0 bridgehead atoms. The third kappa shape index (κ3) is 8.80. The summed E-state index contributed by atoms with van der Waals surface area (Å²) in [6.45, 7) is 1.71. The van der Waals surface area contributed by atoms with Crippen LogP contribution in [-0.2, 0) is 11.8 Å². The van der Waals surface area contributed by atoms with Gasteiger partial charge in [-0.15, -0.1) is 0 Å². The topological polar surface area (TPSA) is 171 Å². The van der Waals surface area contributed by atoms with Crippen molar-refractivity contribution in [3.63, 3.8) is 0 Å². The van der Waals surface area contributed by atoms with Gasteiger partial charge in [-0.25, -0.2) is 0 Å². The summed E-state index contributed by atoms with van der Waals surface area (Å²) in [6.07, 6.45) is 10.5. The summed E-state index contributed by atoms with van der Waals surface area (Å²) in [6, 6.07) is 0. The molecule has 0 radical (unpaired) electrons. The Labute approximate surface area is 139 Å². The van der Waals surface area contributed by atoms with E-state index in [1.165, 1.54) is 76.2 Å². The number of hydrogen-bond donors (Lipinski definition) is 2. The van der Waals surface area contributed by atoms with E-state index in [9.17, 15) is 0 Å². The first-order chi connectivity index (χ1) is 11.0. The van der Waals surface area contributed by atoms with Crippen LogP contribution in [0.1, 0.15) is 51.4 Å². The summed E-state index contributed by atoms with van der Waals surface area (Å²) in [7, 11) is 0. The van der Waals surface area contributed by atoms with Gasteiger partial charge in [-0.05, 0) is 25.9 Å². The molecule has 0 atom stereocenters. The van der Waals surface area contributed by atoms with Gasteiger partial charge < -0.3 is 11.5 Å². The second-order valence-electron chi connectivity index (χ2n) is 4.68. The molecular formula is C15H24FeN7. The molecule has 0 spiro atoms. The molecule has 0 rings (SSSR count). The van der Waals surface area contributed by atoms with Crippen molar-refractivity contribution in [2.45, 2.75) is 51.4 Å². The van der Waals surface area contributed by atoms with Crippen LogP contribution in [0.15, 0.2) is 0 Å². The van der Waals surface area contributed by atoms with Gasteiger partial charge in [0.2, 0.25) is 0 Å². The zero-order valence-corrected chi connectivity index (χ0v) is 14.4. The second kappa shape index (κ2) is 13.5. The molecule has 0 unspecified atom stereocenters. The predicted octanol–water partition coefficient (Wildman–Crippen LogP) is 2.11. The summed E-state index contributed by atoms with van der Waals surface area (Å²) >= 11 is -4.78. The van der Waals surface area contributed by atoms with Crippen molar-refractivity contribution in [3.05, 3.63) is 0 Å². The van der Waals surface area contributed by atoms with E-state index in [0.717, 1.165) is 13.1 Å². The van der Waals surface area contributed by atoms with Crippen LogP contribution in [0, 0.1) is 51.1 Å². The Balaban J connectivity index is 0. The number of nitrogens with two attached hydrogens (primary N) is 2.